The van der Waals surface area contributed by atoms with E-state index in [1.54, 1.807) is 0 Å². The quantitative estimate of drug-likeness (QED) is 0.910. The first kappa shape index (κ1) is 12.6. The molecule has 1 aliphatic heterocycles. The lowest BCUT2D eigenvalue weighted by molar-refractivity contribution is 0.234. The molecular formula is C15H22N4. The van der Waals surface area contributed by atoms with Crippen molar-refractivity contribution in [2.24, 2.45) is 7.05 Å². The number of nitrogens with zero attached hydrogens (tertiary/aromatic N) is 3. The van der Waals surface area contributed by atoms with Crippen molar-refractivity contribution in [2.75, 3.05) is 20.1 Å². The van der Waals surface area contributed by atoms with Crippen LogP contribution in [-0.2, 0) is 13.6 Å². The van der Waals surface area contributed by atoms with Gasteiger partial charge in [-0.15, -0.1) is 0 Å². The van der Waals surface area contributed by atoms with E-state index in [1.165, 1.54) is 36.8 Å². The fourth-order valence-corrected chi connectivity index (χ4v) is 2.87. The number of aryl methyl sites for hydroxylation is 1. The van der Waals surface area contributed by atoms with Crippen LogP contribution in [0.25, 0.3) is 10.9 Å². The second-order valence-electron chi connectivity index (χ2n) is 5.55. The summed E-state index contributed by atoms with van der Waals surface area (Å²) in [5, 5.41) is 9.56. The summed E-state index contributed by atoms with van der Waals surface area (Å²) in [7, 11) is 4.21. The highest BCUT2D eigenvalue weighted by atomic mass is 15.3. The van der Waals surface area contributed by atoms with Gasteiger partial charge in [0.1, 0.15) is 0 Å². The molecule has 0 aliphatic carbocycles. The number of nitrogens with one attached hydrogen (secondary N) is 1. The molecule has 4 nitrogen and oxygen atoms in total. The topological polar surface area (TPSA) is 33.1 Å². The molecule has 3 rings (SSSR count). The van der Waals surface area contributed by atoms with Crippen molar-refractivity contribution in [2.45, 2.75) is 25.4 Å². The predicted octanol–water partition coefficient (Wildman–Crippen LogP) is 1.76. The first-order valence-electron chi connectivity index (χ1n) is 7.06. The van der Waals surface area contributed by atoms with Crippen molar-refractivity contribution in [1.29, 1.82) is 0 Å². The second-order valence-corrected chi connectivity index (χ2v) is 5.55. The minimum absolute atomic E-state index is 0.636. The highest BCUT2D eigenvalue weighted by Crippen LogP contribution is 2.18. The molecule has 0 saturated carbocycles. The van der Waals surface area contributed by atoms with E-state index in [9.17, 15) is 0 Å². The summed E-state index contributed by atoms with van der Waals surface area (Å²) in [6.07, 6.45) is 2.47. The molecule has 0 spiro atoms. The zero-order valence-corrected chi connectivity index (χ0v) is 11.8. The maximum Gasteiger partial charge on any atom is 0.0841 e. The summed E-state index contributed by atoms with van der Waals surface area (Å²) >= 11 is 0. The Morgan fingerprint density at radius 1 is 1.21 bits per heavy atom. The lowest BCUT2D eigenvalue weighted by Crippen LogP contribution is -2.40. The van der Waals surface area contributed by atoms with E-state index >= 15 is 0 Å². The zero-order valence-electron chi connectivity index (χ0n) is 11.8. The van der Waals surface area contributed by atoms with E-state index < -0.39 is 0 Å². The molecule has 2 aromatic rings. The van der Waals surface area contributed by atoms with E-state index in [0.717, 1.165) is 12.2 Å². The summed E-state index contributed by atoms with van der Waals surface area (Å²) in [6.45, 7) is 3.26. The van der Waals surface area contributed by atoms with Crippen LogP contribution in [0, 0.1) is 0 Å². The Labute approximate surface area is 114 Å². The van der Waals surface area contributed by atoms with Gasteiger partial charge in [-0.05, 0) is 39.0 Å². The van der Waals surface area contributed by atoms with Crippen LogP contribution in [0.1, 0.15) is 18.5 Å². The van der Waals surface area contributed by atoms with Gasteiger partial charge in [0, 0.05) is 25.0 Å². The van der Waals surface area contributed by atoms with Gasteiger partial charge in [0.25, 0.3) is 0 Å². The monoisotopic (exact) mass is 258 g/mol. The number of benzene rings is 1. The third kappa shape index (κ3) is 2.65. The number of para-hydroxylation sites is 1. The first-order chi connectivity index (χ1) is 9.24. The van der Waals surface area contributed by atoms with Crippen molar-refractivity contribution in [3.63, 3.8) is 0 Å². The minimum atomic E-state index is 0.636. The number of piperidine rings is 1. The lowest BCUT2D eigenvalue weighted by Gasteiger charge is -2.29. The Hall–Kier alpha value is -1.39. The molecular weight excluding hydrogens is 236 g/mol. The molecule has 2 heterocycles. The Bertz CT molecular complexity index is 552. The van der Waals surface area contributed by atoms with Crippen molar-refractivity contribution >= 4 is 10.9 Å². The van der Waals surface area contributed by atoms with Crippen molar-refractivity contribution in [3.8, 4) is 0 Å². The maximum atomic E-state index is 4.63. The molecule has 19 heavy (non-hydrogen) atoms. The van der Waals surface area contributed by atoms with Crippen LogP contribution in [0.5, 0.6) is 0 Å². The Morgan fingerprint density at radius 2 is 1.95 bits per heavy atom. The average Bonchev–Trinajstić information content (AvgIpc) is 2.76. The lowest BCUT2D eigenvalue weighted by atomic mass is 10.1. The Kier molecular flexibility index (Phi) is 3.53. The molecule has 0 unspecified atom stereocenters. The normalized spacial score (nSPS) is 18.2. The van der Waals surface area contributed by atoms with Crippen LogP contribution in [0.3, 0.4) is 0 Å². The highest BCUT2D eigenvalue weighted by molar-refractivity contribution is 5.81. The van der Waals surface area contributed by atoms with Crippen molar-refractivity contribution in [3.05, 3.63) is 30.0 Å². The van der Waals surface area contributed by atoms with E-state index in [0.29, 0.717) is 6.04 Å². The fourth-order valence-electron chi connectivity index (χ4n) is 2.87. The van der Waals surface area contributed by atoms with E-state index in [1.807, 2.05) is 11.7 Å². The summed E-state index contributed by atoms with van der Waals surface area (Å²) in [5.41, 5.74) is 2.37. The third-order valence-corrected chi connectivity index (χ3v) is 4.11. The summed E-state index contributed by atoms with van der Waals surface area (Å²) in [5.74, 6) is 0. The van der Waals surface area contributed by atoms with Gasteiger partial charge in [-0.25, -0.2) is 0 Å². The van der Waals surface area contributed by atoms with Crippen LogP contribution in [-0.4, -0.2) is 40.9 Å². The standard InChI is InChI=1S/C15H22N4/c1-18-9-7-12(8-10-18)16-11-14-13-5-3-4-6-15(13)19(2)17-14/h3-6,12,16H,7-11H2,1-2H3. The zero-order chi connectivity index (χ0) is 13.2. The van der Waals surface area contributed by atoms with Gasteiger partial charge < -0.3 is 10.2 Å². The number of aromatic nitrogens is 2. The number of likely N-dealkylation sites (tertiary alicyclic amines) is 1. The molecule has 1 N–H and O–H groups in total. The van der Waals surface area contributed by atoms with Gasteiger partial charge in [-0.3, -0.25) is 4.68 Å². The van der Waals surface area contributed by atoms with Gasteiger partial charge in [0.05, 0.1) is 11.2 Å². The molecule has 0 atom stereocenters. The molecule has 102 valence electrons. The van der Waals surface area contributed by atoms with Gasteiger partial charge >= 0.3 is 0 Å². The molecule has 1 aliphatic rings. The molecule has 1 aromatic carbocycles. The molecule has 1 aromatic heterocycles. The number of fused-ring (bicyclic) bond motifs is 1. The van der Waals surface area contributed by atoms with Gasteiger partial charge in [-0.2, -0.15) is 5.10 Å². The summed E-state index contributed by atoms with van der Waals surface area (Å²) < 4.78 is 1.97. The van der Waals surface area contributed by atoms with Gasteiger partial charge in [0.2, 0.25) is 0 Å². The molecule has 0 bridgehead atoms. The number of hydrogen-bond acceptors (Lipinski definition) is 3. The number of rotatable bonds is 3. The molecule has 4 heteroatoms. The predicted molar refractivity (Wildman–Crippen MR) is 78.1 cm³/mol. The van der Waals surface area contributed by atoms with Crippen LogP contribution in [0.15, 0.2) is 24.3 Å². The van der Waals surface area contributed by atoms with Crippen LogP contribution in [0.4, 0.5) is 0 Å². The van der Waals surface area contributed by atoms with Gasteiger partial charge in [0.15, 0.2) is 0 Å². The van der Waals surface area contributed by atoms with Crippen LogP contribution in [0.2, 0.25) is 0 Å². The third-order valence-electron chi connectivity index (χ3n) is 4.11. The molecule has 0 amide bonds. The SMILES string of the molecule is CN1CCC(NCc2nn(C)c3ccccc23)CC1. The van der Waals surface area contributed by atoms with E-state index in [-0.39, 0.29) is 0 Å². The first-order valence-corrected chi connectivity index (χ1v) is 7.06. The number of hydrogen-bond donors (Lipinski definition) is 1. The van der Waals surface area contributed by atoms with Gasteiger partial charge in [-0.1, -0.05) is 18.2 Å². The van der Waals surface area contributed by atoms with Crippen molar-refractivity contribution < 1.29 is 0 Å². The van der Waals surface area contributed by atoms with Crippen LogP contribution < -0.4 is 5.32 Å². The largest absolute Gasteiger partial charge is 0.308 e. The van der Waals surface area contributed by atoms with Crippen LogP contribution >= 0.6 is 0 Å². The fraction of sp³-hybridized carbons (Fsp3) is 0.533. The minimum Gasteiger partial charge on any atom is -0.308 e. The molecule has 0 radical (unpaired) electrons. The maximum absolute atomic E-state index is 4.63. The highest BCUT2D eigenvalue weighted by Gasteiger charge is 2.17. The smallest absolute Gasteiger partial charge is 0.0841 e. The second kappa shape index (κ2) is 5.31. The average molecular weight is 258 g/mol. The summed E-state index contributed by atoms with van der Waals surface area (Å²) in [6, 6.07) is 9.08. The Balaban J connectivity index is 1.69. The van der Waals surface area contributed by atoms with E-state index in [4.69, 9.17) is 0 Å². The molecule has 1 saturated heterocycles. The van der Waals surface area contributed by atoms with Crippen molar-refractivity contribution in [1.82, 2.24) is 20.0 Å². The summed E-state index contributed by atoms with van der Waals surface area (Å²) in [4.78, 5) is 2.40. The molecule has 1 fully saturated rings. The Morgan fingerprint density at radius 3 is 2.74 bits per heavy atom. The van der Waals surface area contributed by atoms with E-state index in [2.05, 4.69) is 46.6 Å².